The lowest BCUT2D eigenvalue weighted by atomic mass is 10.1. The quantitative estimate of drug-likeness (QED) is 0.383. The molecule has 32 heavy (non-hydrogen) atoms. The molecule has 1 saturated heterocycles. The largest absolute Gasteiger partial charge is 0.488 e. The Hall–Kier alpha value is -3.09. The van der Waals surface area contributed by atoms with E-state index in [1.54, 1.807) is 50.3 Å². The van der Waals surface area contributed by atoms with Gasteiger partial charge in [0, 0.05) is 5.56 Å². The Morgan fingerprint density at radius 2 is 2.00 bits per heavy atom. The third-order valence-corrected chi connectivity index (χ3v) is 5.83. The molecule has 1 heterocycles. The van der Waals surface area contributed by atoms with E-state index in [2.05, 4.69) is 22.0 Å². The molecule has 0 aromatic heterocycles. The molecule has 1 aliphatic heterocycles. The number of amides is 2. The Labute approximate surface area is 198 Å². The summed E-state index contributed by atoms with van der Waals surface area (Å²) in [7, 11) is 0. The molecule has 1 fully saturated rings. The number of hydrogen-bond donors (Lipinski definition) is 0. The van der Waals surface area contributed by atoms with Gasteiger partial charge < -0.3 is 9.47 Å². The van der Waals surface area contributed by atoms with Crippen LogP contribution in [-0.4, -0.2) is 34.7 Å². The molecule has 7 nitrogen and oxygen atoms in total. The van der Waals surface area contributed by atoms with Crippen LogP contribution >= 0.6 is 27.7 Å². The number of halogens is 1. The molecule has 9 heteroatoms. The lowest BCUT2D eigenvalue weighted by molar-refractivity contribution is -0.149. The van der Waals surface area contributed by atoms with Gasteiger partial charge in [-0.1, -0.05) is 24.3 Å². The summed E-state index contributed by atoms with van der Waals surface area (Å²) < 4.78 is 11.5. The van der Waals surface area contributed by atoms with Gasteiger partial charge in [-0.2, -0.15) is 5.26 Å². The van der Waals surface area contributed by atoms with Crippen molar-refractivity contribution in [1.82, 2.24) is 4.90 Å². The van der Waals surface area contributed by atoms with Crippen LogP contribution in [-0.2, 0) is 20.9 Å². The second-order valence-electron chi connectivity index (χ2n) is 7.05. The van der Waals surface area contributed by atoms with Crippen LogP contribution in [0.2, 0.25) is 0 Å². The minimum Gasteiger partial charge on any atom is -0.488 e. The third kappa shape index (κ3) is 5.78. The van der Waals surface area contributed by atoms with E-state index in [-0.39, 0.29) is 17.6 Å². The van der Waals surface area contributed by atoms with Crippen molar-refractivity contribution >= 4 is 50.9 Å². The van der Waals surface area contributed by atoms with Gasteiger partial charge in [0.1, 0.15) is 18.9 Å². The minimum absolute atomic E-state index is 0.218. The second-order valence-corrected chi connectivity index (χ2v) is 8.90. The maximum Gasteiger partial charge on any atom is 0.326 e. The van der Waals surface area contributed by atoms with E-state index in [0.29, 0.717) is 21.3 Å². The minimum atomic E-state index is -0.634. The topological polar surface area (TPSA) is 96.7 Å². The van der Waals surface area contributed by atoms with E-state index in [0.717, 1.165) is 22.2 Å². The highest BCUT2D eigenvalue weighted by molar-refractivity contribution is 9.10. The maximum absolute atomic E-state index is 12.6. The highest BCUT2D eigenvalue weighted by Gasteiger charge is 2.36. The summed E-state index contributed by atoms with van der Waals surface area (Å²) in [5.41, 5.74) is 2.00. The molecule has 2 aromatic rings. The first-order chi connectivity index (χ1) is 15.3. The number of carbonyl (C=O) groups excluding carboxylic acids is 3. The van der Waals surface area contributed by atoms with Crippen LogP contribution in [0.1, 0.15) is 30.5 Å². The zero-order valence-corrected chi connectivity index (χ0v) is 19.7. The maximum atomic E-state index is 12.6. The van der Waals surface area contributed by atoms with Crippen molar-refractivity contribution in [3.05, 3.63) is 68.5 Å². The van der Waals surface area contributed by atoms with Crippen molar-refractivity contribution in [2.75, 3.05) is 6.54 Å². The highest BCUT2D eigenvalue weighted by atomic mass is 79.9. The first-order valence-electron chi connectivity index (χ1n) is 9.63. The zero-order valence-electron chi connectivity index (χ0n) is 17.3. The number of esters is 1. The van der Waals surface area contributed by atoms with Gasteiger partial charge in [-0.05, 0) is 71.4 Å². The zero-order chi connectivity index (χ0) is 23.3. The Bertz CT molecular complexity index is 1140. The molecule has 0 aliphatic carbocycles. The number of carbonyl (C=O) groups is 3. The SMILES string of the molecule is CC(C)OC(=O)CN1C(=O)S/C(=C/c2ccc(OCc3ccccc3C#N)c(Br)c2)C1=O. The van der Waals surface area contributed by atoms with Crippen molar-refractivity contribution in [2.45, 2.75) is 26.6 Å². The van der Waals surface area contributed by atoms with E-state index in [9.17, 15) is 19.6 Å². The lowest BCUT2D eigenvalue weighted by Gasteiger charge is -2.13. The van der Waals surface area contributed by atoms with E-state index in [4.69, 9.17) is 9.47 Å². The van der Waals surface area contributed by atoms with Crippen molar-refractivity contribution in [3.63, 3.8) is 0 Å². The summed E-state index contributed by atoms with van der Waals surface area (Å²) >= 11 is 4.22. The first-order valence-corrected chi connectivity index (χ1v) is 11.2. The summed E-state index contributed by atoms with van der Waals surface area (Å²) in [6.07, 6.45) is 1.25. The van der Waals surface area contributed by atoms with Gasteiger partial charge in [-0.25, -0.2) is 0 Å². The fraction of sp³-hybridized carbons (Fsp3) is 0.217. The van der Waals surface area contributed by atoms with Crippen molar-refractivity contribution in [2.24, 2.45) is 0 Å². The average Bonchev–Trinajstić information content (AvgIpc) is 3.00. The fourth-order valence-electron chi connectivity index (χ4n) is 2.85. The van der Waals surface area contributed by atoms with Crippen molar-refractivity contribution < 1.29 is 23.9 Å². The molecular formula is C23H19BrN2O5S. The number of thioether (sulfide) groups is 1. The number of ether oxygens (including phenoxy) is 2. The van der Waals surface area contributed by atoms with Crippen LogP contribution in [0.5, 0.6) is 5.75 Å². The number of benzene rings is 2. The molecule has 2 amide bonds. The van der Waals surface area contributed by atoms with Crippen LogP contribution in [0, 0.1) is 11.3 Å². The summed E-state index contributed by atoms with van der Waals surface area (Å²) in [6.45, 7) is 3.20. The van der Waals surface area contributed by atoms with E-state index < -0.39 is 23.7 Å². The monoisotopic (exact) mass is 514 g/mol. The number of nitriles is 1. The van der Waals surface area contributed by atoms with Crippen molar-refractivity contribution in [1.29, 1.82) is 5.26 Å². The number of nitrogens with zero attached hydrogens (tertiary/aromatic N) is 2. The summed E-state index contributed by atoms with van der Waals surface area (Å²) in [4.78, 5) is 37.6. The van der Waals surface area contributed by atoms with Gasteiger partial charge in [-0.3, -0.25) is 19.3 Å². The predicted molar refractivity (Wildman–Crippen MR) is 124 cm³/mol. The fourth-order valence-corrected chi connectivity index (χ4v) is 4.20. The Morgan fingerprint density at radius 1 is 1.25 bits per heavy atom. The van der Waals surface area contributed by atoms with Gasteiger partial charge in [0.2, 0.25) is 0 Å². The summed E-state index contributed by atoms with van der Waals surface area (Å²) in [6, 6.07) is 14.6. The van der Waals surface area contributed by atoms with E-state index in [1.165, 1.54) is 0 Å². The molecule has 0 atom stereocenters. The smallest absolute Gasteiger partial charge is 0.326 e. The van der Waals surface area contributed by atoms with Crippen molar-refractivity contribution in [3.8, 4) is 11.8 Å². The Balaban J connectivity index is 1.69. The molecule has 0 N–H and O–H groups in total. The predicted octanol–water partition coefficient (Wildman–Crippen LogP) is 4.89. The van der Waals surface area contributed by atoms with Gasteiger partial charge in [0.05, 0.1) is 27.1 Å². The molecule has 164 valence electrons. The number of imide groups is 1. The third-order valence-electron chi connectivity index (χ3n) is 4.30. The molecule has 0 spiro atoms. The van der Waals surface area contributed by atoms with Gasteiger partial charge in [0.25, 0.3) is 11.1 Å². The van der Waals surface area contributed by atoms with Gasteiger partial charge in [0.15, 0.2) is 0 Å². The van der Waals surface area contributed by atoms with Crippen LogP contribution in [0.15, 0.2) is 51.8 Å². The molecule has 0 radical (unpaired) electrons. The Kier molecular flexibility index (Phi) is 7.72. The standard InChI is InChI=1S/C23H19BrN2O5S/c1-14(2)31-21(27)12-26-22(28)20(32-23(26)29)10-15-7-8-19(18(24)9-15)30-13-17-6-4-3-5-16(17)11-25/h3-10,14H,12-13H2,1-2H3/b20-10+. The van der Waals surface area contributed by atoms with Crippen LogP contribution in [0.25, 0.3) is 6.08 Å². The molecule has 1 aliphatic rings. The lowest BCUT2D eigenvalue weighted by Crippen LogP contribution is -2.35. The van der Waals surface area contributed by atoms with Gasteiger partial charge in [-0.15, -0.1) is 0 Å². The molecular weight excluding hydrogens is 496 g/mol. The number of hydrogen-bond acceptors (Lipinski definition) is 7. The second kappa shape index (κ2) is 10.5. The molecule has 0 unspecified atom stereocenters. The highest BCUT2D eigenvalue weighted by Crippen LogP contribution is 2.34. The molecule has 3 rings (SSSR count). The number of rotatable bonds is 7. The first kappa shape index (κ1) is 23.6. The van der Waals surface area contributed by atoms with Gasteiger partial charge >= 0.3 is 5.97 Å². The summed E-state index contributed by atoms with van der Waals surface area (Å²) in [5, 5.41) is 8.67. The van der Waals surface area contributed by atoms with Crippen LogP contribution < -0.4 is 4.74 Å². The van der Waals surface area contributed by atoms with E-state index >= 15 is 0 Å². The molecule has 0 bridgehead atoms. The average molecular weight is 515 g/mol. The van der Waals surface area contributed by atoms with Crippen LogP contribution in [0.4, 0.5) is 4.79 Å². The molecule has 0 saturated carbocycles. The molecule has 2 aromatic carbocycles. The summed E-state index contributed by atoms with van der Waals surface area (Å²) in [5.74, 6) is -0.601. The van der Waals surface area contributed by atoms with Crippen LogP contribution in [0.3, 0.4) is 0 Å². The Morgan fingerprint density at radius 3 is 2.69 bits per heavy atom. The van der Waals surface area contributed by atoms with E-state index in [1.807, 2.05) is 12.1 Å². The normalized spacial score (nSPS) is 14.7.